The predicted octanol–water partition coefficient (Wildman–Crippen LogP) is 3.71. The lowest BCUT2D eigenvalue weighted by atomic mass is 10.00. The van der Waals surface area contributed by atoms with Crippen LogP contribution < -0.4 is 0 Å². The summed E-state index contributed by atoms with van der Waals surface area (Å²) in [6.07, 6.45) is 4.53. The van der Waals surface area contributed by atoms with Gasteiger partial charge in [-0.3, -0.25) is 0 Å². The standard InChI is InChI=1S/C13H19/c1-4-6-12-8-9-13(7-5-2)11(3)10-12/h8-10H,2,4-7H2,1,3H3. The summed E-state index contributed by atoms with van der Waals surface area (Å²) in [5, 5.41) is 0. The molecule has 0 aliphatic rings. The number of hydrogen-bond acceptors (Lipinski definition) is 0. The summed E-state index contributed by atoms with van der Waals surface area (Å²) in [5.74, 6) is 0. The highest BCUT2D eigenvalue weighted by atomic mass is 14.0. The maximum atomic E-state index is 3.88. The smallest absolute Gasteiger partial charge is 0.0276 e. The summed E-state index contributed by atoms with van der Waals surface area (Å²) in [6.45, 7) is 8.30. The molecule has 0 saturated heterocycles. The SMILES string of the molecule is [CH2]CCc1ccc(CCC)cc1C. The minimum atomic E-state index is 0.994. The molecule has 13 heavy (non-hydrogen) atoms. The molecule has 0 nitrogen and oxygen atoms in total. The van der Waals surface area contributed by atoms with Gasteiger partial charge >= 0.3 is 0 Å². The summed E-state index contributed by atoms with van der Waals surface area (Å²) in [4.78, 5) is 0. The second-order valence-corrected chi connectivity index (χ2v) is 3.61. The van der Waals surface area contributed by atoms with Crippen molar-refractivity contribution in [2.45, 2.75) is 39.5 Å². The molecule has 0 unspecified atom stereocenters. The molecule has 0 heteroatoms. The van der Waals surface area contributed by atoms with E-state index >= 15 is 0 Å². The van der Waals surface area contributed by atoms with Gasteiger partial charge < -0.3 is 0 Å². The van der Waals surface area contributed by atoms with Crippen LogP contribution in [0.4, 0.5) is 0 Å². The first-order chi connectivity index (χ1) is 6.27. The highest BCUT2D eigenvalue weighted by molar-refractivity contribution is 5.31. The first-order valence-electron chi connectivity index (χ1n) is 5.15. The van der Waals surface area contributed by atoms with Crippen LogP contribution in [0.3, 0.4) is 0 Å². The summed E-state index contributed by atoms with van der Waals surface area (Å²) in [6, 6.07) is 6.82. The lowest BCUT2D eigenvalue weighted by Crippen LogP contribution is -1.91. The first kappa shape index (κ1) is 10.3. The molecule has 0 heterocycles. The van der Waals surface area contributed by atoms with Gasteiger partial charge in [0.25, 0.3) is 0 Å². The zero-order valence-corrected chi connectivity index (χ0v) is 8.77. The Morgan fingerprint density at radius 1 is 1.23 bits per heavy atom. The Morgan fingerprint density at radius 2 is 2.00 bits per heavy atom. The fraction of sp³-hybridized carbons (Fsp3) is 0.462. The van der Waals surface area contributed by atoms with Crippen LogP contribution in [0, 0.1) is 13.8 Å². The maximum Gasteiger partial charge on any atom is -0.0276 e. The Bertz CT molecular complexity index is 261. The lowest BCUT2D eigenvalue weighted by molar-refractivity contribution is 0.912. The molecule has 0 aromatic heterocycles. The van der Waals surface area contributed by atoms with E-state index in [0.29, 0.717) is 0 Å². The highest BCUT2D eigenvalue weighted by Crippen LogP contribution is 2.13. The van der Waals surface area contributed by atoms with Gasteiger partial charge in [-0.1, -0.05) is 38.5 Å². The van der Waals surface area contributed by atoms with Crippen molar-refractivity contribution < 1.29 is 0 Å². The van der Waals surface area contributed by atoms with Gasteiger partial charge in [-0.15, -0.1) is 0 Å². The van der Waals surface area contributed by atoms with Gasteiger partial charge in [-0.05, 0) is 42.9 Å². The van der Waals surface area contributed by atoms with Crippen LogP contribution in [0.15, 0.2) is 18.2 Å². The molecule has 0 N–H and O–H groups in total. The molecule has 1 radical (unpaired) electrons. The molecular formula is C13H19. The van der Waals surface area contributed by atoms with Crippen molar-refractivity contribution in [1.82, 2.24) is 0 Å². The number of hydrogen-bond donors (Lipinski definition) is 0. The van der Waals surface area contributed by atoms with Gasteiger partial charge in [0.15, 0.2) is 0 Å². The molecule has 0 fully saturated rings. The molecule has 1 aromatic rings. The van der Waals surface area contributed by atoms with Gasteiger partial charge in [0, 0.05) is 0 Å². The molecule has 0 amide bonds. The Morgan fingerprint density at radius 3 is 2.54 bits per heavy atom. The van der Waals surface area contributed by atoms with Crippen LogP contribution in [0.5, 0.6) is 0 Å². The minimum absolute atomic E-state index is 0.994. The van der Waals surface area contributed by atoms with Crippen molar-refractivity contribution in [2.75, 3.05) is 0 Å². The van der Waals surface area contributed by atoms with Crippen molar-refractivity contribution in [2.24, 2.45) is 0 Å². The second-order valence-electron chi connectivity index (χ2n) is 3.61. The summed E-state index contributed by atoms with van der Waals surface area (Å²) in [5.41, 5.74) is 4.34. The quantitative estimate of drug-likeness (QED) is 0.654. The Kier molecular flexibility index (Phi) is 4.01. The second kappa shape index (κ2) is 5.06. The fourth-order valence-corrected chi connectivity index (χ4v) is 1.67. The van der Waals surface area contributed by atoms with Crippen molar-refractivity contribution in [3.8, 4) is 0 Å². The topological polar surface area (TPSA) is 0 Å². The van der Waals surface area contributed by atoms with E-state index in [1.54, 1.807) is 0 Å². The van der Waals surface area contributed by atoms with Crippen LogP contribution in [-0.2, 0) is 12.8 Å². The van der Waals surface area contributed by atoms with E-state index in [1.807, 2.05) is 0 Å². The summed E-state index contributed by atoms with van der Waals surface area (Å²) >= 11 is 0. The van der Waals surface area contributed by atoms with Crippen LogP contribution in [0.2, 0.25) is 0 Å². The van der Waals surface area contributed by atoms with Gasteiger partial charge in [0.1, 0.15) is 0 Å². The van der Waals surface area contributed by atoms with E-state index in [0.717, 1.165) is 12.8 Å². The van der Waals surface area contributed by atoms with Gasteiger partial charge in [0.2, 0.25) is 0 Å². The number of rotatable bonds is 4. The molecule has 0 aliphatic heterocycles. The van der Waals surface area contributed by atoms with Crippen LogP contribution in [0.1, 0.15) is 36.5 Å². The fourth-order valence-electron chi connectivity index (χ4n) is 1.67. The largest absolute Gasteiger partial charge is 0.0651 e. The predicted molar refractivity (Wildman–Crippen MR) is 58.9 cm³/mol. The average molecular weight is 175 g/mol. The van der Waals surface area contributed by atoms with Crippen LogP contribution in [0.25, 0.3) is 0 Å². The van der Waals surface area contributed by atoms with Crippen molar-refractivity contribution in [3.63, 3.8) is 0 Å². The molecule has 1 rings (SSSR count). The Labute approximate surface area is 82.0 Å². The van der Waals surface area contributed by atoms with Crippen molar-refractivity contribution in [3.05, 3.63) is 41.8 Å². The molecular weight excluding hydrogens is 156 g/mol. The Hall–Kier alpha value is -0.780. The van der Waals surface area contributed by atoms with Gasteiger partial charge in [-0.2, -0.15) is 0 Å². The lowest BCUT2D eigenvalue weighted by Gasteiger charge is -2.06. The van der Waals surface area contributed by atoms with E-state index in [1.165, 1.54) is 29.5 Å². The zero-order valence-electron chi connectivity index (χ0n) is 8.77. The average Bonchev–Trinajstić information content (AvgIpc) is 2.10. The summed E-state index contributed by atoms with van der Waals surface area (Å²) in [7, 11) is 0. The third kappa shape index (κ3) is 2.87. The molecule has 1 aromatic carbocycles. The minimum Gasteiger partial charge on any atom is -0.0651 e. The van der Waals surface area contributed by atoms with E-state index in [-0.39, 0.29) is 0 Å². The highest BCUT2D eigenvalue weighted by Gasteiger charge is 1.98. The van der Waals surface area contributed by atoms with Crippen LogP contribution >= 0.6 is 0 Å². The van der Waals surface area contributed by atoms with Crippen LogP contribution in [-0.4, -0.2) is 0 Å². The van der Waals surface area contributed by atoms with E-state index in [9.17, 15) is 0 Å². The first-order valence-corrected chi connectivity index (χ1v) is 5.15. The molecule has 71 valence electrons. The van der Waals surface area contributed by atoms with Crippen molar-refractivity contribution in [1.29, 1.82) is 0 Å². The molecule has 0 bridgehead atoms. The Balaban J connectivity index is 2.79. The normalized spacial score (nSPS) is 10.4. The van der Waals surface area contributed by atoms with Gasteiger partial charge in [-0.25, -0.2) is 0 Å². The van der Waals surface area contributed by atoms with E-state index in [4.69, 9.17) is 0 Å². The van der Waals surface area contributed by atoms with E-state index in [2.05, 4.69) is 39.0 Å². The monoisotopic (exact) mass is 175 g/mol. The maximum absolute atomic E-state index is 3.88. The molecule has 0 atom stereocenters. The molecule has 0 saturated carbocycles. The third-order valence-electron chi connectivity index (χ3n) is 2.39. The molecule has 0 spiro atoms. The third-order valence-corrected chi connectivity index (χ3v) is 2.39. The molecule has 0 aliphatic carbocycles. The zero-order chi connectivity index (χ0) is 9.68. The van der Waals surface area contributed by atoms with Gasteiger partial charge in [0.05, 0.1) is 0 Å². The number of aryl methyl sites for hydroxylation is 3. The van der Waals surface area contributed by atoms with E-state index < -0.39 is 0 Å². The van der Waals surface area contributed by atoms with Crippen molar-refractivity contribution >= 4 is 0 Å². The number of benzene rings is 1. The summed E-state index contributed by atoms with van der Waals surface area (Å²) < 4.78 is 0.